The molecule has 1 atom stereocenters. The van der Waals surface area contributed by atoms with Crippen molar-refractivity contribution >= 4 is 17.5 Å². The van der Waals surface area contributed by atoms with E-state index in [1.165, 1.54) is 12.1 Å². The minimum Gasteiger partial charge on any atom is -0.339 e. The van der Waals surface area contributed by atoms with Gasteiger partial charge in [-0.1, -0.05) is 36.9 Å². The van der Waals surface area contributed by atoms with E-state index in [-0.39, 0.29) is 36.6 Å². The molecule has 1 heterocycles. The minimum atomic E-state index is -0.305. The lowest BCUT2D eigenvalue weighted by atomic mass is 10.1. The maximum atomic E-state index is 13.1. The second-order valence-electron chi connectivity index (χ2n) is 6.43. The van der Waals surface area contributed by atoms with E-state index >= 15 is 0 Å². The predicted octanol–water partition coefficient (Wildman–Crippen LogP) is 3.86. The molecule has 0 aliphatic carbocycles. The molecule has 2 aromatic rings. The van der Waals surface area contributed by atoms with Crippen LogP contribution in [0.25, 0.3) is 5.70 Å². The third-order valence-electron chi connectivity index (χ3n) is 4.92. The number of fused-ring (bicyclic) bond motifs is 1. The van der Waals surface area contributed by atoms with Gasteiger partial charge in [-0.15, -0.1) is 0 Å². The molecule has 0 spiro atoms. The van der Waals surface area contributed by atoms with Crippen LogP contribution in [0.5, 0.6) is 0 Å². The molecular formula is C21H21FN2O2. The van der Waals surface area contributed by atoms with Gasteiger partial charge in [0.05, 0.1) is 6.04 Å². The van der Waals surface area contributed by atoms with Crippen LogP contribution in [0.15, 0.2) is 55.1 Å². The first kappa shape index (κ1) is 17.9. The normalized spacial score (nSPS) is 14.3. The molecule has 3 rings (SSSR count). The lowest BCUT2D eigenvalue weighted by Gasteiger charge is -2.26. The van der Waals surface area contributed by atoms with Crippen molar-refractivity contribution in [2.45, 2.75) is 19.4 Å². The number of nitrogens with zero attached hydrogens (tertiary/aromatic N) is 2. The summed E-state index contributed by atoms with van der Waals surface area (Å²) in [6, 6.07) is 13.2. The fourth-order valence-corrected chi connectivity index (χ4v) is 3.14. The van der Waals surface area contributed by atoms with Gasteiger partial charge in [0.15, 0.2) is 0 Å². The number of carbonyl (C=O) groups is 2. The molecule has 26 heavy (non-hydrogen) atoms. The summed E-state index contributed by atoms with van der Waals surface area (Å²) in [7, 11) is 1.71. The fourth-order valence-electron chi connectivity index (χ4n) is 3.14. The molecule has 0 fully saturated rings. The molecule has 0 aromatic heterocycles. The lowest BCUT2D eigenvalue weighted by molar-refractivity contribution is -0.131. The van der Waals surface area contributed by atoms with Crippen molar-refractivity contribution in [1.29, 1.82) is 0 Å². The van der Waals surface area contributed by atoms with Crippen molar-refractivity contribution in [3.63, 3.8) is 0 Å². The predicted molar refractivity (Wildman–Crippen MR) is 98.7 cm³/mol. The van der Waals surface area contributed by atoms with Crippen LogP contribution in [-0.2, 0) is 4.79 Å². The van der Waals surface area contributed by atoms with E-state index in [9.17, 15) is 14.0 Å². The molecule has 0 saturated heterocycles. The summed E-state index contributed by atoms with van der Waals surface area (Å²) < 4.78 is 13.1. The van der Waals surface area contributed by atoms with Gasteiger partial charge in [0.2, 0.25) is 5.91 Å². The first-order valence-corrected chi connectivity index (χ1v) is 8.51. The Hall–Kier alpha value is -2.95. The van der Waals surface area contributed by atoms with Crippen LogP contribution in [0.3, 0.4) is 0 Å². The molecule has 1 unspecified atom stereocenters. The van der Waals surface area contributed by atoms with Crippen molar-refractivity contribution in [2.75, 3.05) is 13.6 Å². The second-order valence-corrected chi connectivity index (χ2v) is 6.43. The summed E-state index contributed by atoms with van der Waals surface area (Å²) in [6.07, 6.45) is 0.195. The van der Waals surface area contributed by atoms with Crippen LogP contribution in [0.4, 0.5) is 4.39 Å². The van der Waals surface area contributed by atoms with E-state index in [4.69, 9.17) is 0 Å². The highest BCUT2D eigenvalue weighted by Gasteiger charge is 2.31. The van der Waals surface area contributed by atoms with Crippen LogP contribution >= 0.6 is 0 Å². The first-order valence-electron chi connectivity index (χ1n) is 8.51. The Morgan fingerprint density at radius 1 is 1.15 bits per heavy atom. The van der Waals surface area contributed by atoms with Gasteiger partial charge in [0, 0.05) is 36.8 Å². The van der Waals surface area contributed by atoms with Crippen LogP contribution in [-0.4, -0.2) is 35.2 Å². The van der Waals surface area contributed by atoms with Gasteiger partial charge in [-0.2, -0.15) is 0 Å². The van der Waals surface area contributed by atoms with E-state index in [0.717, 1.165) is 11.1 Å². The average Bonchev–Trinajstić information content (AvgIpc) is 2.90. The molecule has 134 valence electrons. The van der Waals surface area contributed by atoms with E-state index < -0.39 is 0 Å². The minimum absolute atomic E-state index is 0.0848. The molecule has 2 aromatic carbocycles. The number of hydrogen-bond acceptors (Lipinski definition) is 2. The van der Waals surface area contributed by atoms with Gasteiger partial charge in [-0.05, 0) is 30.7 Å². The molecule has 0 saturated carbocycles. The zero-order valence-corrected chi connectivity index (χ0v) is 14.9. The first-order chi connectivity index (χ1) is 12.4. The van der Waals surface area contributed by atoms with Gasteiger partial charge < -0.3 is 9.80 Å². The maximum absolute atomic E-state index is 13.1. The van der Waals surface area contributed by atoms with Crippen molar-refractivity contribution in [3.8, 4) is 0 Å². The topological polar surface area (TPSA) is 40.6 Å². The van der Waals surface area contributed by atoms with E-state index in [0.29, 0.717) is 11.3 Å². The van der Waals surface area contributed by atoms with Crippen LogP contribution in [0.1, 0.15) is 40.9 Å². The van der Waals surface area contributed by atoms with Crippen LogP contribution in [0.2, 0.25) is 0 Å². The third kappa shape index (κ3) is 3.25. The molecule has 0 radical (unpaired) electrons. The Morgan fingerprint density at radius 2 is 1.77 bits per heavy atom. The molecule has 0 N–H and O–H groups in total. The maximum Gasteiger partial charge on any atom is 0.258 e. The number of amides is 2. The zero-order valence-electron chi connectivity index (χ0n) is 14.9. The summed E-state index contributed by atoms with van der Waals surface area (Å²) in [5, 5.41) is 0. The van der Waals surface area contributed by atoms with Gasteiger partial charge in [0.25, 0.3) is 5.91 Å². The number of hydrogen-bond donors (Lipinski definition) is 0. The average molecular weight is 352 g/mol. The molecule has 1 aliphatic rings. The zero-order chi connectivity index (χ0) is 18.8. The molecular weight excluding hydrogens is 331 g/mol. The second kappa shape index (κ2) is 7.12. The Balaban J connectivity index is 1.63. The molecule has 4 nitrogen and oxygen atoms in total. The van der Waals surface area contributed by atoms with Crippen molar-refractivity contribution in [1.82, 2.24) is 9.80 Å². The molecule has 2 amide bonds. The highest BCUT2D eigenvalue weighted by molar-refractivity contribution is 6.08. The number of benzene rings is 2. The van der Waals surface area contributed by atoms with Gasteiger partial charge in [0.1, 0.15) is 5.82 Å². The quantitative estimate of drug-likeness (QED) is 0.820. The largest absolute Gasteiger partial charge is 0.339 e. The SMILES string of the molecule is C=C1c2ccccc2C(=O)N1CCC(=O)N(C)C(C)c1ccc(F)cc1. The summed E-state index contributed by atoms with van der Waals surface area (Å²) >= 11 is 0. The highest BCUT2D eigenvalue weighted by atomic mass is 19.1. The number of rotatable bonds is 5. The molecule has 1 aliphatic heterocycles. The Labute approximate surface area is 152 Å². The van der Waals surface area contributed by atoms with Crippen LogP contribution in [0, 0.1) is 5.82 Å². The van der Waals surface area contributed by atoms with E-state index in [2.05, 4.69) is 6.58 Å². The highest BCUT2D eigenvalue weighted by Crippen LogP contribution is 2.31. The Morgan fingerprint density at radius 3 is 2.38 bits per heavy atom. The third-order valence-corrected chi connectivity index (χ3v) is 4.92. The standard InChI is InChI=1S/C21H21FN2O2/c1-14(16-8-10-17(22)11-9-16)23(3)20(25)12-13-24-15(2)18-6-4-5-7-19(18)21(24)26/h4-11,14H,2,12-13H2,1,3H3. The van der Waals surface area contributed by atoms with Crippen LogP contribution < -0.4 is 0 Å². The summed E-state index contributed by atoms with van der Waals surface area (Å²) in [6.45, 7) is 6.16. The van der Waals surface area contributed by atoms with Crippen molar-refractivity contribution in [2.24, 2.45) is 0 Å². The van der Waals surface area contributed by atoms with Gasteiger partial charge in [-0.3, -0.25) is 9.59 Å². The number of halogens is 1. The van der Waals surface area contributed by atoms with Crippen molar-refractivity contribution < 1.29 is 14.0 Å². The fraction of sp³-hybridized carbons (Fsp3) is 0.238. The number of carbonyl (C=O) groups excluding carboxylic acids is 2. The Kier molecular flexibility index (Phi) is 4.89. The Bertz CT molecular complexity index is 826. The van der Waals surface area contributed by atoms with Gasteiger partial charge in [-0.25, -0.2) is 4.39 Å². The monoisotopic (exact) mass is 352 g/mol. The van der Waals surface area contributed by atoms with Gasteiger partial charge >= 0.3 is 0 Å². The van der Waals surface area contributed by atoms with E-state index in [1.54, 1.807) is 35.0 Å². The summed E-state index contributed by atoms with van der Waals surface area (Å²) in [5.41, 5.74) is 2.93. The lowest BCUT2D eigenvalue weighted by Crippen LogP contribution is -2.33. The smallest absolute Gasteiger partial charge is 0.258 e. The summed E-state index contributed by atoms with van der Waals surface area (Å²) in [4.78, 5) is 28.2. The molecule has 5 heteroatoms. The van der Waals surface area contributed by atoms with E-state index in [1.807, 2.05) is 25.1 Å². The van der Waals surface area contributed by atoms with Crippen molar-refractivity contribution in [3.05, 3.63) is 77.6 Å². The molecule has 0 bridgehead atoms. The summed E-state index contributed by atoms with van der Waals surface area (Å²) in [5.74, 6) is -0.508.